The first-order valence-electron chi connectivity index (χ1n) is 0. The van der Waals surface area contributed by atoms with Crippen LogP contribution in [-0.4, -0.2) is 52.4 Å². The van der Waals surface area contributed by atoms with Crippen molar-refractivity contribution in [3.8, 4) is 0 Å². The molecule has 0 atom stereocenters. The van der Waals surface area contributed by atoms with Crippen molar-refractivity contribution in [1.29, 1.82) is 0 Å². The average Bonchev–Trinajstić information content (AvgIpc) is 0. The van der Waals surface area contributed by atoms with Gasteiger partial charge in [0.1, 0.15) is 0 Å². The summed E-state index contributed by atoms with van der Waals surface area (Å²) >= 11 is 0. The normalized spacial score (nSPS) is 0. The molecular formula is Bi2O7Ru. The third kappa shape index (κ3) is 189. The van der Waals surface area contributed by atoms with Gasteiger partial charge in [-0.3, -0.25) is 0 Å². The summed E-state index contributed by atoms with van der Waals surface area (Å²) in [6, 6.07) is 0. The van der Waals surface area contributed by atoms with E-state index in [0.29, 0.717) is 0 Å². The average molecular weight is 631 g/mol. The van der Waals surface area contributed by atoms with Crippen molar-refractivity contribution in [2.75, 3.05) is 0 Å². The van der Waals surface area contributed by atoms with E-state index in [1.807, 2.05) is 0 Å². The Kier molecular flexibility index (Phi) is 8570. The molecule has 0 bridgehead atoms. The minimum atomic E-state index is 0. The van der Waals surface area contributed by atoms with E-state index in [2.05, 4.69) is 0 Å². The molecule has 0 aliphatic carbocycles. The van der Waals surface area contributed by atoms with Crippen molar-refractivity contribution < 1.29 is 57.8 Å². The van der Waals surface area contributed by atoms with E-state index in [1.165, 1.54) is 0 Å². The zero-order valence-electron chi connectivity index (χ0n) is 4.11. The largest absolute Gasteiger partial charge is 8.00 e. The monoisotopic (exact) mass is 632 g/mol. The van der Waals surface area contributed by atoms with Gasteiger partial charge in [-0.25, -0.2) is 0 Å². The summed E-state index contributed by atoms with van der Waals surface area (Å²) in [7, 11) is 0. The fraction of sp³-hybridized carbons (Fsp3) is 0. The first-order valence-corrected chi connectivity index (χ1v) is 0. The Morgan fingerprint density at radius 2 is 0.300 bits per heavy atom. The summed E-state index contributed by atoms with van der Waals surface area (Å²) < 4.78 is 0. The SMILES string of the molecule is [Bi+3].[Bi+3].[O-2].[O-2].[O-2].[O-2].[O-2].[O-2].[O-2].[Ru+8]. The molecule has 0 heterocycles. The molecule has 0 saturated heterocycles. The number of rotatable bonds is 0. The van der Waals surface area contributed by atoms with Crippen LogP contribution in [-0.2, 0) is 57.8 Å². The second-order valence-electron chi connectivity index (χ2n) is 0. The van der Waals surface area contributed by atoms with Gasteiger partial charge in [0.15, 0.2) is 0 Å². The fourth-order valence-electron chi connectivity index (χ4n) is 0. The second kappa shape index (κ2) is 255. The molecule has 0 spiro atoms. The van der Waals surface area contributed by atoms with E-state index in [-0.39, 0.29) is 110 Å². The summed E-state index contributed by atoms with van der Waals surface area (Å²) in [5, 5.41) is 0. The zero-order valence-corrected chi connectivity index (χ0v) is 12.8. The van der Waals surface area contributed by atoms with Crippen LogP contribution in [0.25, 0.3) is 0 Å². The number of hydrogen-bond donors (Lipinski definition) is 0. The number of hydrogen-bond acceptors (Lipinski definition) is 0. The molecule has 0 amide bonds. The maximum absolute atomic E-state index is 0. The molecule has 0 unspecified atom stereocenters. The molecule has 0 aromatic carbocycles. The standard InChI is InChI=1S/2Bi.7O.Ru/q2*+3;7*-2;+8. The quantitative estimate of drug-likeness (QED) is 0.278. The Bertz CT molecular complexity index is 11.6. The minimum Gasteiger partial charge on any atom is -2.00 e. The second-order valence-corrected chi connectivity index (χ2v) is 0. The molecular weight excluding hydrogens is 631 g/mol. The van der Waals surface area contributed by atoms with E-state index in [1.54, 1.807) is 0 Å². The summed E-state index contributed by atoms with van der Waals surface area (Å²) in [6.45, 7) is 0. The Morgan fingerprint density at radius 3 is 0.300 bits per heavy atom. The van der Waals surface area contributed by atoms with Crippen molar-refractivity contribution in [3.05, 3.63) is 0 Å². The molecule has 0 saturated carbocycles. The van der Waals surface area contributed by atoms with Gasteiger partial charge in [0, 0.05) is 0 Å². The van der Waals surface area contributed by atoms with Crippen molar-refractivity contribution in [2.24, 2.45) is 0 Å². The van der Waals surface area contributed by atoms with Crippen LogP contribution in [0.2, 0.25) is 0 Å². The molecule has 0 aliphatic rings. The molecule has 0 rings (SSSR count). The predicted molar refractivity (Wildman–Crippen MR) is 16.3 cm³/mol. The third-order valence-electron chi connectivity index (χ3n) is 0. The van der Waals surface area contributed by atoms with Gasteiger partial charge in [0.2, 0.25) is 0 Å². The van der Waals surface area contributed by atoms with Crippen molar-refractivity contribution >= 4 is 52.4 Å². The van der Waals surface area contributed by atoms with Gasteiger partial charge in [-0.05, 0) is 0 Å². The molecule has 10 heteroatoms. The van der Waals surface area contributed by atoms with Crippen molar-refractivity contribution in [2.45, 2.75) is 0 Å². The fourth-order valence-corrected chi connectivity index (χ4v) is 0. The molecule has 0 fully saturated rings. The summed E-state index contributed by atoms with van der Waals surface area (Å²) in [5.74, 6) is 0. The topological polar surface area (TPSA) is 200 Å². The predicted octanol–water partition coefficient (Wildman–Crippen LogP) is -1.60. The van der Waals surface area contributed by atoms with Gasteiger partial charge in [0.05, 0.1) is 0 Å². The van der Waals surface area contributed by atoms with Gasteiger partial charge in [-0.1, -0.05) is 0 Å². The molecule has 7 nitrogen and oxygen atoms in total. The molecule has 0 N–H and O–H groups in total. The van der Waals surface area contributed by atoms with Gasteiger partial charge in [0.25, 0.3) is 0 Å². The smallest absolute Gasteiger partial charge is 2.00 e. The van der Waals surface area contributed by atoms with Crippen LogP contribution in [0.5, 0.6) is 0 Å². The Hall–Kier alpha value is 2.11. The van der Waals surface area contributed by atoms with E-state index in [9.17, 15) is 0 Å². The molecule has 60 valence electrons. The molecule has 0 aromatic rings. The third-order valence-corrected chi connectivity index (χ3v) is 0. The summed E-state index contributed by atoms with van der Waals surface area (Å²) in [5.41, 5.74) is 0. The van der Waals surface area contributed by atoms with Gasteiger partial charge >= 0.3 is 71.9 Å². The van der Waals surface area contributed by atoms with E-state index < -0.39 is 0 Å². The van der Waals surface area contributed by atoms with Crippen LogP contribution in [0.15, 0.2) is 0 Å². The van der Waals surface area contributed by atoms with Crippen LogP contribution in [0.1, 0.15) is 0 Å². The molecule has 4 radical (unpaired) electrons. The van der Waals surface area contributed by atoms with Crippen molar-refractivity contribution in [3.63, 3.8) is 0 Å². The maximum Gasteiger partial charge on any atom is 8.00 e. The first kappa shape index (κ1) is 336. The summed E-state index contributed by atoms with van der Waals surface area (Å²) in [4.78, 5) is 0. The van der Waals surface area contributed by atoms with E-state index in [0.717, 1.165) is 0 Å². The van der Waals surface area contributed by atoms with Gasteiger partial charge in [-0.2, -0.15) is 0 Å². The zero-order chi connectivity index (χ0) is 0. The first-order chi connectivity index (χ1) is 0. The van der Waals surface area contributed by atoms with Crippen LogP contribution in [0, 0.1) is 0 Å². The molecule has 0 aromatic heterocycles. The van der Waals surface area contributed by atoms with E-state index >= 15 is 0 Å². The summed E-state index contributed by atoms with van der Waals surface area (Å²) in [6.07, 6.45) is 0. The minimum absolute atomic E-state index is 0. The Labute approximate surface area is 109 Å². The van der Waals surface area contributed by atoms with Gasteiger partial charge in [-0.15, -0.1) is 0 Å². The van der Waals surface area contributed by atoms with Crippen LogP contribution in [0.4, 0.5) is 0 Å². The van der Waals surface area contributed by atoms with Crippen LogP contribution in [0.3, 0.4) is 0 Å². The van der Waals surface area contributed by atoms with E-state index in [4.69, 9.17) is 0 Å². The Morgan fingerprint density at radius 1 is 0.300 bits per heavy atom. The van der Waals surface area contributed by atoms with Gasteiger partial charge < -0.3 is 38.3 Å². The van der Waals surface area contributed by atoms with Crippen molar-refractivity contribution in [1.82, 2.24) is 0 Å². The Balaban J connectivity index is 0. The molecule has 0 aliphatic heterocycles. The van der Waals surface area contributed by atoms with Crippen LogP contribution >= 0.6 is 0 Å². The van der Waals surface area contributed by atoms with Crippen LogP contribution < -0.4 is 0 Å². The maximum atomic E-state index is 0. The molecule has 10 heavy (non-hydrogen) atoms.